The number of benzene rings is 2. The van der Waals surface area contributed by atoms with E-state index in [1.807, 2.05) is 6.92 Å². The first-order valence-electron chi connectivity index (χ1n) is 9.76. The first-order valence-corrected chi connectivity index (χ1v) is 10.1. The molecule has 7 nitrogen and oxygen atoms in total. The number of furan rings is 1. The third kappa shape index (κ3) is 3.74. The SMILES string of the molecule is CCCNC(=O)Cn1c(=O)c2oc3ccccc3c2n(Cc2c(F)cccc2Cl)c1=O. The Kier molecular flexibility index (Phi) is 5.65. The van der Waals surface area contributed by atoms with E-state index in [9.17, 15) is 18.8 Å². The van der Waals surface area contributed by atoms with Gasteiger partial charge in [-0.15, -0.1) is 0 Å². The van der Waals surface area contributed by atoms with Gasteiger partial charge in [-0.3, -0.25) is 14.2 Å². The number of nitrogens with one attached hydrogen (secondary N) is 1. The number of amides is 1. The van der Waals surface area contributed by atoms with E-state index in [4.69, 9.17) is 16.0 Å². The fraction of sp³-hybridized carbons (Fsp3) is 0.227. The number of carbonyl (C=O) groups excluding carboxylic acids is 1. The second-order valence-electron chi connectivity index (χ2n) is 7.09. The molecule has 2 heterocycles. The third-order valence-corrected chi connectivity index (χ3v) is 5.35. The molecule has 9 heteroatoms. The minimum atomic E-state index is -0.755. The lowest BCUT2D eigenvalue weighted by atomic mass is 10.2. The normalized spacial score (nSPS) is 11.3. The van der Waals surface area contributed by atoms with Crippen LogP contribution in [-0.4, -0.2) is 21.6 Å². The van der Waals surface area contributed by atoms with Crippen molar-refractivity contribution < 1.29 is 13.6 Å². The van der Waals surface area contributed by atoms with Crippen LogP contribution in [0.3, 0.4) is 0 Å². The van der Waals surface area contributed by atoms with Crippen molar-refractivity contribution in [3.63, 3.8) is 0 Å². The van der Waals surface area contributed by atoms with Gasteiger partial charge >= 0.3 is 5.69 Å². The van der Waals surface area contributed by atoms with Crippen LogP contribution in [-0.2, 0) is 17.9 Å². The van der Waals surface area contributed by atoms with Crippen LogP contribution in [0.1, 0.15) is 18.9 Å². The Labute approximate surface area is 180 Å². The number of hydrogen-bond acceptors (Lipinski definition) is 4. The van der Waals surface area contributed by atoms with E-state index in [1.165, 1.54) is 22.8 Å². The number of nitrogens with zero attached hydrogens (tertiary/aromatic N) is 2. The average molecular weight is 444 g/mol. The fourth-order valence-electron chi connectivity index (χ4n) is 3.49. The maximum Gasteiger partial charge on any atom is 0.332 e. The molecule has 0 saturated heterocycles. The molecule has 0 radical (unpaired) electrons. The highest BCUT2D eigenvalue weighted by atomic mass is 35.5. The van der Waals surface area contributed by atoms with Gasteiger partial charge in [0.1, 0.15) is 23.5 Å². The smallest absolute Gasteiger partial charge is 0.332 e. The number of rotatable bonds is 6. The van der Waals surface area contributed by atoms with Crippen LogP contribution in [0.25, 0.3) is 22.1 Å². The van der Waals surface area contributed by atoms with Crippen LogP contribution in [0.5, 0.6) is 0 Å². The second kappa shape index (κ2) is 8.39. The average Bonchev–Trinajstić information content (AvgIpc) is 3.14. The highest BCUT2D eigenvalue weighted by molar-refractivity contribution is 6.31. The monoisotopic (exact) mass is 443 g/mol. The summed E-state index contributed by atoms with van der Waals surface area (Å²) in [6.45, 7) is 1.59. The van der Waals surface area contributed by atoms with Crippen molar-refractivity contribution in [2.24, 2.45) is 0 Å². The summed E-state index contributed by atoms with van der Waals surface area (Å²) in [6, 6.07) is 11.1. The molecule has 0 aliphatic heterocycles. The van der Waals surface area contributed by atoms with Crippen LogP contribution in [0.4, 0.5) is 4.39 Å². The first kappa shape index (κ1) is 20.9. The molecule has 31 heavy (non-hydrogen) atoms. The molecule has 1 N–H and O–H groups in total. The van der Waals surface area contributed by atoms with Gasteiger partial charge in [0, 0.05) is 22.5 Å². The van der Waals surface area contributed by atoms with Crippen molar-refractivity contribution in [3.8, 4) is 0 Å². The summed E-state index contributed by atoms with van der Waals surface area (Å²) in [7, 11) is 0. The third-order valence-electron chi connectivity index (χ3n) is 4.99. The van der Waals surface area contributed by atoms with Crippen molar-refractivity contribution in [3.05, 3.63) is 79.7 Å². The second-order valence-corrected chi connectivity index (χ2v) is 7.49. The number of hydrogen-bond donors (Lipinski definition) is 1. The van der Waals surface area contributed by atoms with E-state index >= 15 is 0 Å². The van der Waals surface area contributed by atoms with Crippen LogP contribution in [0, 0.1) is 5.82 Å². The van der Waals surface area contributed by atoms with Crippen molar-refractivity contribution in [2.75, 3.05) is 6.54 Å². The molecule has 0 aliphatic carbocycles. The Balaban J connectivity index is 1.99. The van der Waals surface area contributed by atoms with Gasteiger partial charge in [-0.25, -0.2) is 13.8 Å². The van der Waals surface area contributed by atoms with Gasteiger partial charge < -0.3 is 9.73 Å². The zero-order chi connectivity index (χ0) is 22.1. The molecule has 0 atom stereocenters. The maximum absolute atomic E-state index is 14.5. The van der Waals surface area contributed by atoms with Gasteiger partial charge in [0.05, 0.1) is 6.54 Å². The molecule has 4 aromatic rings. The molecule has 0 unspecified atom stereocenters. The molecule has 0 spiro atoms. The predicted octanol–water partition coefficient (Wildman–Crippen LogP) is 3.28. The van der Waals surface area contributed by atoms with Crippen molar-refractivity contribution >= 4 is 39.6 Å². The predicted molar refractivity (Wildman–Crippen MR) is 116 cm³/mol. The number of aromatic nitrogens is 2. The summed E-state index contributed by atoms with van der Waals surface area (Å²) in [5, 5.41) is 3.31. The summed E-state index contributed by atoms with van der Waals surface area (Å²) in [5.41, 5.74) is -0.838. The van der Waals surface area contributed by atoms with Crippen LogP contribution < -0.4 is 16.6 Å². The van der Waals surface area contributed by atoms with Crippen LogP contribution in [0.15, 0.2) is 56.5 Å². The molecule has 0 saturated carbocycles. The van der Waals surface area contributed by atoms with E-state index in [2.05, 4.69) is 5.32 Å². The van der Waals surface area contributed by atoms with E-state index in [0.717, 1.165) is 4.57 Å². The topological polar surface area (TPSA) is 86.2 Å². The van der Waals surface area contributed by atoms with Crippen molar-refractivity contribution in [1.82, 2.24) is 14.5 Å². The molecular weight excluding hydrogens is 425 g/mol. The molecule has 1 amide bonds. The summed E-state index contributed by atoms with van der Waals surface area (Å²) in [6.07, 6.45) is 0.708. The maximum atomic E-state index is 14.5. The van der Waals surface area contributed by atoms with Gasteiger partial charge in [-0.05, 0) is 30.7 Å². The minimum Gasteiger partial charge on any atom is -0.449 e. The van der Waals surface area contributed by atoms with E-state index < -0.39 is 29.5 Å². The van der Waals surface area contributed by atoms with Crippen molar-refractivity contribution in [2.45, 2.75) is 26.4 Å². The van der Waals surface area contributed by atoms with Gasteiger partial charge in [-0.2, -0.15) is 0 Å². The molecule has 4 rings (SSSR count). The number of carbonyl (C=O) groups is 1. The molecular formula is C22H19ClFN3O4. The van der Waals surface area contributed by atoms with Gasteiger partial charge in [0.15, 0.2) is 0 Å². The quantitative estimate of drug-likeness (QED) is 0.495. The number of fused-ring (bicyclic) bond motifs is 3. The zero-order valence-corrected chi connectivity index (χ0v) is 17.4. The van der Waals surface area contributed by atoms with Gasteiger partial charge in [-0.1, -0.05) is 36.7 Å². The standard InChI is InChI=1S/C22H19ClFN3O4/c1-2-10-25-18(28)12-27-21(29)20-19(13-6-3-4-9-17(13)31-20)26(22(27)30)11-14-15(23)7-5-8-16(14)24/h3-9H,2,10-12H2,1H3,(H,25,28). The van der Waals surface area contributed by atoms with Crippen LogP contribution in [0.2, 0.25) is 5.02 Å². The van der Waals surface area contributed by atoms with Crippen LogP contribution >= 0.6 is 11.6 Å². The largest absolute Gasteiger partial charge is 0.449 e. The molecule has 2 aromatic carbocycles. The summed E-state index contributed by atoms with van der Waals surface area (Å²) in [4.78, 5) is 38.6. The lowest BCUT2D eigenvalue weighted by Crippen LogP contribution is -2.44. The molecule has 0 aliphatic rings. The highest BCUT2D eigenvalue weighted by Gasteiger charge is 2.22. The summed E-state index contributed by atoms with van der Waals surface area (Å²) < 4.78 is 22.2. The van der Waals surface area contributed by atoms with Gasteiger partial charge in [0.25, 0.3) is 5.56 Å². The summed E-state index contributed by atoms with van der Waals surface area (Å²) >= 11 is 6.18. The Morgan fingerprint density at radius 2 is 1.90 bits per heavy atom. The van der Waals surface area contributed by atoms with Gasteiger partial charge in [0.2, 0.25) is 11.5 Å². The minimum absolute atomic E-state index is 0.0865. The Morgan fingerprint density at radius 3 is 2.65 bits per heavy atom. The fourth-order valence-corrected chi connectivity index (χ4v) is 3.71. The summed E-state index contributed by atoms with van der Waals surface area (Å²) in [5.74, 6) is -1.06. The zero-order valence-electron chi connectivity index (χ0n) is 16.7. The Morgan fingerprint density at radius 1 is 1.13 bits per heavy atom. The van der Waals surface area contributed by atoms with E-state index in [1.54, 1.807) is 24.3 Å². The Hall–Kier alpha value is -3.39. The lowest BCUT2D eigenvalue weighted by molar-refractivity contribution is -0.121. The van der Waals surface area contributed by atoms with E-state index in [-0.39, 0.29) is 28.2 Å². The molecule has 0 bridgehead atoms. The van der Waals surface area contributed by atoms with E-state index in [0.29, 0.717) is 23.9 Å². The van der Waals surface area contributed by atoms with Crippen molar-refractivity contribution in [1.29, 1.82) is 0 Å². The molecule has 2 aromatic heterocycles. The number of halogens is 2. The lowest BCUT2D eigenvalue weighted by Gasteiger charge is -2.13. The Bertz CT molecular complexity index is 1400. The molecule has 160 valence electrons. The molecule has 0 fully saturated rings. The number of para-hydroxylation sites is 1. The first-order chi connectivity index (χ1) is 14.9. The highest BCUT2D eigenvalue weighted by Crippen LogP contribution is 2.27.